The van der Waals surface area contributed by atoms with Gasteiger partial charge in [0.1, 0.15) is 0 Å². The summed E-state index contributed by atoms with van der Waals surface area (Å²) in [6, 6.07) is 0.283. The minimum atomic E-state index is -3.08. The van der Waals surface area contributed by atoms with Crippen LogP contribution in [0.2, 0.25) is 0 Å². The van der Waals surface area contributed by atoms with E-state index in [1.54, 1.807) is 13.8 Å². The van der Waals surface area contributed by atoms with Crippen LogP contribution in [0.25, 0.3) is 0 Å². The van der Waals surface area contributed by atoms with Crippen LogP contribution in [0.5, 0.6) is 0 Å². The first-order valence-electron chi connectivity index (χ1n) is 5.96. The number of hydrogen-bond acceptors (Lipinski definition) is 4. The topological polar surface area (TPSA) is 75.3 Å². The predicted octanol–water partition coefficient (Wildman–Crippen LogP) is 0.171. The molecular weight excluding hydrogens is 240 g/mol. The zero-order valence-electron chi connectivity index (χ0n) is 11.1. The van der Waals surface area contributed by atoms with E-state index in [4.69, 9.17) is 0 Å². The Bertz CT molecular complexity index is 324. The highest BCUT2D eigenvalue weighted by Gasteiger charge is 2.12. The molecule has 102 valence electrons. The van der Waals surface area contributed by atoms with Crippen molar-refractivity contribution in [1.29, 1.82) is 0 Å². The van der Waals surface area contributed by atoms with Crippen LogP contribution < -0.4 is 10.6 Å². The Hall–Kier alpha value is -0.620. The summed E-state index contributed by atoms with van der Waals surface area (Å²) in [6.45, 7) is 8.14. The largest absolute Gasteiger partial charge is 0.355 e. The lowest BCUT2D eigenvalue weighted by Gasteiger charge is -2.10. The number of hydrogen-bond donors (Lipinski definition) is 2. The maximum absolute atomic E-state index is 11.6. The van der Waals surface area contributed by atoms with Crippen molar-refractivity contribution >= 4 is 15.7 Å². The molecule has 0 aromatic heterocycles. The van der Waals surface area contributed by atoms with Gasteiger partial charge in [0.2, 0.25) is 5.91 Å². The van der Waals surface area contributed by atoms with E-state index in [9.17, 15) is 13.2 Å². The summed E-state index contributed by atoms with van der Waals surface area (Å²) in [5.41, 5.74) is 0. The number of amides is 1. The number of nitrogens with one attached hydrogen (secondary N) is 2. The van der Waals surface area contributed by atoms with Gasteiger partial charge in [0.15, 0.2) is 9.84 Å². The van der Waals surface area contributed by atoms with Crippen molar-refractivity contribution in [3.05, 3.63) is 0 Å². The molecule has 0 aliphatic heterocycles. The van der Waals surface area contributed by atoms with Gasteiger partial charge >= 0.3 is 0 Å². The molecule has 0 atom stereocenters. The smallest absolute Gasteiger partial charge is 0.222 e. The monoisotopic (exact) mass is 264 g/mol. The lowest BCUT2D eigenvalue weighted by molar-refractivity contribution is -0.123. The molecule has 0 aliphatic carbocycles. The normalized spacial score (nSPS) is 12.1. The molecule has 0 unspecified atom stereocenters. The van der Waals surface area contributed by atoms with Gasteiger partial charge in [-0.3, -0.25) is 4.79 Å². The summed E-state index contributed by atoms with van der Waals surface area (Å²) >= 11 is 0. The van der Waals surface area contributed by atoms with Crippen molar-refractivity contribution in [1.82, 2.24) is 10.6 Å². The molecule has 0 fully saturated rings. The minimum absolute atomic E-state index is 0.00519. The molecule has 2 N–H and O–H groups in total. The van der Waals surface area contributed by atoms with Gasteiger partial charge in [-0.05, 0) is 0 Å². The molecule has 17 heavy (non-hydrogen) atoms. The highest BCUT2D eigenvalue weighted by molar-refractivity contribution is 7.91. The Kier molecular flexibility index (Phi) is 7.38. The quantitative estimate of drug-likeness (QED) is 0.655. The lowest BCUT2D eigenvalue weighted by atomic mass is 10.2. The fourth-order valence-corrected chi connectivity index (χ4v) is 2.19. The van der Waals surface area contributed by atoms with E-state index in [-0.39, 0.29) is 35.9 Å². The van der Waals surface area contributed by atoms with Gasteiger partial charge in [0.25, 0.3) is 0 Å². The van der Waals surface area contributed by atoms with Crippen molar-refractivity contribution in [3.8, 4) is 0 Å². The first-order chi connectivity index (χ1) is 7.74. The van der Waals surface area contributed by atoms with E-state index in [0.717, 1.165) is 0 Å². The zero-order chi connectivity index (χ0) is 13.5. The van der Waals surface area contributed by atoms with Gasteiger partial charge in [0.05, 0.1) is 11.5 Å². The number of carbonyl (C=O) groups excluding carboxylic acids is 1. The molecule has 0 heterocycles. The van der Waals surface area contributed by atoms with Gasteiger partial charge < -0.3 is 10.6 Å². The first kappa shape index (κ1) is 16.4. The molecule has 0 aliphatic rings. The van der Waals surface area contributed by atoms with E-state index in [1.165, 1.54) is 0 Å². The molecule has 0 bridgehead atoms. The van der Waals surface area contributed by atoms with Crippen molar-refractivity contribution < 1.29 is 13.2 Å². The molecule has 0 aromatic carbocycles. The van der Waals surface area contributed by atoms with Crippen LogP contribution in [-0.2, 0) is 14.6 Å². The molecule has 5 nitrogen and oxygen atoms in total. The second-order valence-electron chi connectivity index (χ2n) is 4.71. The molecule has 0 radical (unpaired) electrons. The van der Waals surface area contributed by atoms with Crippen LogP contribution in [0.1, 0.15) is 27.7 Å². The van der Waals surface area contributed by atoms with Crippen LogP contribution in [0.3, 0.4) is 0 Å². The third-order valence-electron chi connectivity index (χ3n) is 2.20. The SMILES string of the molecule is CC(C)NCCS(=O)(=O)CCNC(=O)C(C)C. The Morgan fingerprint density at radius 3 is 2.06 bits per heavy atom. The summed E-state index contributed by atoms with van der Waals surface area (Å²) < 4.78 is 23.1. The van der Waals surface area contributed by atoms with Crippen molar-refractivity contribution in [3.63, 3.8) is 0 Å². The Balaban J connectivity index is 3.83. The molecule has 0 spiro atoms. The third-order valence-corrected chi connectivity index (χ3v) is 3.85. The van der Waals surface area contributed by atoms with Crippen molar-refractivity contribution in [2.45, 2.75) is 33.7 Å². The average molecular weight is 264 g/mol. The Morgan fingerprint density at radius 2 is 1.59 bits per heavy atom. The highest BCUT2D eigenvalue weighted by atomic mass is 32.2. The van der Waals surface area contributed by atoms with E-state index in [0.29, 0.717) is 6.54 Å². The summed E-state index contributed by atoms with van der Waals surface area (Å²) in [5.74, 6) is -0.102. The van der Waals surface area contributed by atoms with Crippen LogP contribution in [0.15, 0.2) is 0 Å². The second-order valence-corrected chi connectivity index (χ2v) is 7.01. The summed E-state index contributed by atoms with van der Waals surface area (Å²) in [5, 5.41) is 5.65. The van der Waals surface area contributed by atoms with Crippen LogP contribution >= 0.6 is 0 Å². The third kappa shape index (κ3) is 9.12. The van der Waals surface area contributed by atoms with Gasteiger partial charge in [0, 0.05) is 25.0 Å². The van der Waals surface area contributed by atoms with Gasteiger partial charge in [-0.1, -0.05) is 27.7 Å². The van der Waals surface area contributed by atoms with Crippen LogP contribution in [-0.4, -0.2) is 45.0 Å². The van der Waals surface area contributed by atoms with Gasteiger partial charge in [-0.15, -0.1) is 0 Å². The Morgan fingerprint density at radius 1 is 1.06 bits per heavy atom. The molecule has 0 saturated carbocycles. The van der Waals surface area contributed by atoms with E-state index >= 15 is 0 Å². The van der Waals surface area contributed by atoms with E-state index in [2.05, 4.69) is 10.6 Å². The Labute approximate surface area is 104 Å². The number of sulfone groups is 1. The average Bonchev–Trinajstić information content (AvgIpc) is 2.15. The highest BCUT2D eigenvalue weighted by Crippen LogP contribution is 1.92. The zero-order valence-corrected chi connectivity index (χ0v) is 11.9. The molecule has 0 aromatic rings. The van der Waals surface area contributed by atoms with Crippen LogP contribution in [0, 0.1) is 5.92 Å². The molecular formula is C11H24N2O3S. The number of rotatable bonds is 8. The second kappa shape index (κ2) is 7.66. The molecule has 0 saturated heterocycles. The van der Waals surface area contributed by atoms with Crippen molar-refractivity contribution in [2.24, 2.45) is 5.92 Å². The fraction of sp³-hybridized carbons (Fsp3) is 0.909. The van der Waals surface area contributed by atoms with Crippen LogP contribution in [0.4, 0.5) is 0 Å². The van der Waals surface area contributed by atoms with Gasteiger partial charge in [-0.2, -0.15) is 0 Å². The predicted molar refractivity (Wildman–Crippen MR) is 69.6 cm³/mol. The molecule has 6 heteroatoms. The first-order valence-corrected chi connectivity index (χ1v) is 7.78. The van der Waals surface area contributed by atoms with E-state index < -0.39 is 9.84 Å². The summed E-state index contributed by atoms with van der Waals surface area (Å²) in [7, 11) is -3.08. The maximum Gasteiger partial charge on any atom is 0.222 e. The summed E-state index contributed by atoms with van der Waals surface area (Å²) in [6.07, 6.45) is 0. The van der Waals surface area contributed by atoms with Crippen molar-refractivity contribution in [2.75, 3.05) is 24.6 Å². The fourth-order valence-electron chi connectivity index (χ4n) is 1.14. The lowest BCUT2D eigenvalue weighted by Crippen LogP contribution is -2.34. The molecule has 0 rings (SSSR count). The summed E-state index contributed by atoms with van der Waals surface area (Å²) in [4.78, 5) is 11.2. The number of carbonyl (C=O) groups is 1. The standard InChI is InChI=1S/C11H24N2O3S/c1-9(2)11(14)13-6-8-17(15,16)7-5-12-10(3)4/h9-10,12H,5-8H2,1-4H3,(H,13,14). The van der Waals surface area contributed by atoms with Gasteiger partial charge in [-0.25, -0.2) is 8.42 Å². The maximum atomic E-state index is 11.6. The minimum Gasteiger partial charge on any atom is -0.355 e. The molecule has 1 amide bonds. The van der Waals surface area contributed by atoms with E-state index in [1.807, 2.05) is 13.8 Å².